The Labute approximate surface area is 182 Å². The molecule has 2 saturated heterocycles. The fourth-order valence-electron chi connectivity index (χ4n) is 4.09. The van der Waals surface area contributed by atoms with Gasteiger partial charge in [0.2, 0.25) is 0 Å². The van der Waals surface area contributed by atoms with Crippen LogP contribution in [0.1, 0.15) is 24.8 Å². The van der Waals surface area contributed by atoms with Gasteiger partial charge in [-0.15, -0.1) is 11.3 Å². The molecule has 1 aromatic heterocycles. The van der Waals surface area contributed by atoms with Crippen LogP contribution in [0.5, 0.6) is 5.75 Å². The summed E-state index contributed by atoms with van der Waals surface area (Å²) in [5.74, 6) is 2.11. The third-order valence-corrected chi connectivity index (χ3v) is 6.66. The second-order valence-electron chi connectivity index (χ2n) is 8.39. The van der Waals surface area contributed by atoms with Crippen LogP contribution in [0.3, 0.4) is 0 Å². The van der Waals surface area contributed by atoms with Crippen LogP contribution in [0.4, 0.5) is 10.6 Å². The maximum absolute atomic E-state index is 12.3. The standard InChI is InChI=1S/C22H31N5O2S/c1-15-10-17(5-6-19(15)29-13-16-7-8-23-11-16)21-25-20(14-30-21)26-22(28)24-18-4-3-9-27(2)12-18/h5-6,10,14,16,18,23H,3-4,7-9,11-13H2,1-2H3,(H2,24,26,28)/t16-,18-/m0/s1. The molecule has 0 aliphatic carbocycles. The summed E-state index contributed by atoms with van der Waals surface area (Å²) in [6.45, 7) is 6.92. The summed E-state index contributed by atoms with van der Waals surface area (Å²) in [6.07, 6.45) is 3.31. The fourth-order valence-corrected chi connectivity index (χ4v) is 4.84. The predicted octanol–water partition coefficient (Wildman–Crippen LogP) is 3.32. The lowest BCUT2D eigenvalue weighted by atomic mass is 10.1. The van der Waals surface area contributed by atoms with Crippen LogP contribution >= 0.6 is 11.3 Å². The van der Waals surface area contributed by atoms with E-state index in [-0.39, 0.29) is 12.1 Å². The van der Waals surface area contributed by atoms with E-state index in [4.69, 9.17) is 4.74 Å². The van der Waals surface area contributed by atoms with Gasteiger partial charge in [-0.25, -0.2) is 9.78 Å². The number of anilines is 1. The molecule has 7 nitrogen and oxygen atoms in total. The first-order chi connectivity index (χ1) is 14.6. The minimum Gasteiger partial charge on any atom is -0.493 e. The Morgan fingerprint density at radius 1 is 1.40 bits per heavy atom. The number of rotatable bonds is 6. The van der Waals surface area contributed by atoms with Crippen molar-refractivity contribution in [1.29, 1.82) is 0 Å². The van der Waals surface area contributed by atoms with Crippen molar-refractivity contribution in [2.24, 2.45) is 5.92 Å². The van der Waals surface area contributed by atoms with E-state index >= 15 is 0 Å². The number of nitrogens with one attached hydrogen (secondary N) is 3. The fraction of sp³-hybridized carbons (Fsp3) is 0.545. The number of amides is 2. The van der Waals surface area contributed by atoms with Crippen molar-refractivity contribution in [1.82, 2.24) is 20.5 Å². The van der Waals surface area contributed by atoms with Gasteiger partial charge in [-0.3, -0.25) is 5.32 Å². The van der Waals surface area contributed by atoms with Crippen molar-refractivity contribution in [3.05, 3.63) is 29.1 Å². The van der Waals surface area contributed by atoms with E-state index in [1.54, 1.807) is 0 Å². The van der Waals surface area contributed by atoms with Gasteiger partial charge >= 0.3 is 6.03 Å². The Bertz CT molecular complexity index is 865. The number of aryl methyl sites for hydroxylation is 1. The number of carbonyl (C=O) groups excluding carboxylic acids is 1. The Morgan fingerprint density at radius 3 is 3.07 bits per heavy atom. The van der Waals surface area contributed by atoms with Gasteiger partial charge in [0.05, 0.1) is 6.61 Å². The molecular weight excluding hydrogens is 398 g/mol. The Balaban J connectivity index is 1.32. The van der Waals surface area contributed by atoms with Gasteiger partial charge in [0.25, 0.3) is 0 Å². The Hall–Kier alpha value is -2.16. The predicted molar refractivity (Wildman–Crippen MR) is 121 cm³/mol. The summed E-state index contributed by atoms with van der Waals surface area (Å²) in [5, 5.41) is 12.1. The van der Waals surface area contributed by atoms with E-state index in [1.807, 2.05) is 17.5 Å². The van der Waals surface area contributed by atoms with Crippen molar-refractivity contribution in [3.63, 3.8) is 0 Å². The highest BCUT2D eigenvalue weighted by atomic mass is 32.1. The van der Waals surface area contributed by atoms with E-state index < -0.39 is 0 Å². The molecule has 0 spiro atoms. The average Bonchev–Trinajstić information content (AvgIpc) is 3.39. The number of aromatic nitrogens is 1. The summed E-state index contributed by atoms with van der Waals surface area (Å²) >= 11 is 1.53. The first-order valence-corrected chi connectivity index (χ1v) is 11.6. The summed E-state index contributed by atoms with van der Waals surface area (Å²) in [7, 11) is 2.09. The second kappa shape index (κ2) is 9.76. The molecule has 3 N–H and O–H groups in total. The van der Waals surface area contributed by atoms with Crippen LogP contribution in [0.25, 0.3) is 10.6 Å². The smallest absolute Gasteiger partial charge is 0.320 e. The van der Waals surface area contributed by atoms with Crippen molar-refractivity contribution in [2.75, 3.05) is 45.2 Å². The van der Waals surface area contributed by atoms with Gasteiger partial charge in [0.1, 0.15) is 16.6 Å². The number of likely N-dealkylation sites (tertiary alicyclic amines) is 1. The highest BCUT2D eigenvalue weighted by Crippen LogP contribution is 2.30. The Morgan fingerprint density at radius 2 is 2.30 bits per heavy atom. The third kappa shape index (κ3) is 5.50. The summed E-state index contributed by atoms with van der Waals surface area (Å²) < 4.78 is 6.02. The molecule has 2 aromatic rings. The number of thiazole rings is 1. The number of carbonyl (C=O) groups is 1. The van der Waals surface area contributed by atoms with Gasteiger partial charge in [-0.2, -0.15) is 0 Å². The maximum Gasteiger partial charge on any atom is 0.320 e. The van der Waals surface area contributed by atoms with Gasteiger partial charge in [-0.05, 0) is 70.1 Å². The molecule has 4 rings (SSSR count). The quantitative estimate of drug-likeness (QED) is 0.657. The molecular formula is C22H31N5O2S. The number of urea groups is 1. The molecule has 2 fully saturated rings. The highest BCUT2D eigenvalue weighted by molar-refractivity contribution is 7.13. The number of hydrogen-bond acceptors (Lipinski definition) is 6. The zero-order chi connectivity index (χ0) is 20.9. The van der Waals surface area contributed by atoms with Crippen LogP contribution in [-0.4, -0.2) is 61.8 Å². The average molecular weight is 430 g/mol. The van der Waals surface area contributed by atoms with Crippen LogP contribution < -0.4 is 20.7 Å². The van der Waals surface area contributed by atoms with E-state index in [1.165, 1.54) is 17.8 Å². The number of piperidine rings is 1. The van der Waals surface area contributed by atoms with Gasteiger partial charge in [0.15, 0.2) is 0 Å². The van der Waals surface area contributed by atoms with Crippen LogP contribution in [-0.2, 0) is 0 Å². The highest BCUT2D eigenvalue weighted by Gasteiger charge is 2.19. The van der Waals surface area contributed by atoms with Gasteiger partial charge in [-0.1, -0.05) is 0 Å². The molecule has 0 radical (unpaired) electrons. The zero-order valence-electron chi connectivity index (χ0n) is 17.7. The number of nitrogens with zero attached hydrogens (tertiary/aromatic N) is 2. The van der Waals surface area contributed by atoms with Crippen LogP contribution in [0.15, 0.2) is 23.6 Å². The maximum atomic E-state index is 12.3. The molecule has 0 bridgehead atoms. The Kier molecular flexibility index (Phi) is 6.86. The van der Waals surface area contributed by atoms with E-state index in [0.29, 0.717) is 11.7 Å². The molecule has 1 aromatic carbocycles. The lowest BCUT2D eigenvalue weighted by Gasteiger charge is -2.30. The lowest BCUT2D eigenvalue weighted by molar-refractivity contribution is 0.216. The topological polar surface area (TPSA) is 78.5 Å². The van der Waals surface area contributed by atoms with Crippen LogP contribution in [0.2, 0.25) is 0 Å². The van der Waals surface area contributed by atoms with E-state index in [9.17, 15) is 4.79 Å². The van der Waals surface area contributed by atoms with Gasteiger partial charge in [0, 0.05) is 36.0 Å². The molecule has 0 saturated carbocycles. The summed E-state index contributed by atoms with van der Waals surface area (Å²) in [6, 6.07) is 6.16. The van der Waals surface area contributed by atoms with Gasteiger partial charge < -0.3 is 20.3 Å². The molecule has 8 heteroatoms. The van der Waals surface area contributed by atoms with Crippen LogP contribution in [0, 0.1) is 12.8 Å². The normalized spacial score (nSPS) is 22.1. The lowest BCUT2D eigenvalue weighted by Crippen LogP contribution is -2.47. The van der Waals surface area contributed by atoms with Crippen molar-refractivity contribution >= 4 is 23.2 Å². The van der Waals surface area contributed by atoms with E-state index in [0.717, 1.165) is 67.5 Å². The van der Waals surface area contributed by atoms with Crippen molar-refractivity contribution in [2.45, 2.75) is 32.2 Å². The number of likely N-dealkylation sites (N-methyl/N-ethyl adjacent to an activating group) is 1. The third-order valence-electron chi connectivity index (χ3n) is 5.76. The minimum absolute atomic E-state index is 0.187. The molecule has 2 atom stereocenters. The molecule has 0 unspecified atom stereocenters. The first kappa shape index (κ1) is 21.1. The zero-order valence-corrected chi connectivity index (χ0v) is 18.6. The SMILES string of the molecule is Cc1cc(-c2nc(NC(=O)N[C@H]3CCCN(C)C3)cs2)ccc1OC[C@H]1CCNC1. The number of hydrogen-bond donors (Lipinski definition) is 3. The molecule has 2 amide bonds. The first-order valence-electron chi connectivity index (χ1n) is 10.7. The molecule has 2 aliphatic rings. The van der Waals surface area contributed by atoms with Crippen molar-refractivity contribution < 1.29 is 9.53 Å². The number of benzene rings is 1. The van der Waals surface area contributed by atoms with Crippen molar-refractivity contribution in [3.8, 4) is 16.3 Å². The number of ether oxygens (including phenoxy) is 1. The molecule has 3 heterocycles. The molecule has 2 aliphatic heterocycles. The summed E-state index contributed by atoms with van der Waals surface area (Å²) in [5.41, 5.74) is 2.14. The second-order valence-corrected chi connectivity index (χ2v) is 9.25. The largest absolute Gasteiger partial charge is 0.493 e. The summed E-state index contributed by atoms with van der Waals surface area (Å²) in [4.78, 5) is 19.2. The monoisotopic (exact) mass is 429 g/mol. The molecule has 30 heavy (non-hydrogen) atoms. The molecule has 162 valence electrons. The van der Waals surface area contributed by atoms with E-state index in [2.05, 4.69) is 45.9 Å². The minimum atomic E-state index is -0.187.